The average Bonchev–Trinajstić information content (AvgIpc) is 3.26. The molecule has 11 heteroatoms. The monoisotopic (exact) mass is 465 g/mol. The number of alkyl halides is 3. The van der Waals surface area contributed by atoms with Crippen molar-refractivity contribution in [1.29, 1.82) is 0 Å². The first-order valence-corrected chi connectivity index (χ1v) is 11.2. The highest BCUT2D eigenvalue weighted by Crippen LogP contribution is 2.50. The predicted molar refractivity (Wildman–Crippen MR) is 114 cm³/mol. The maximum atomic E-state index is 12.5. The van der Waals surface area contributed by atoms with Crippen LogP contribution >= 0.6 is 11.3 Å². The third kappa shape index (κ3) is 4.13. The minimum atomic E-state index is -4.74. The number of imidazole rings is 1. The van der Waals surface area contributed by atoms with E-state index in [1.54, 1.807) is 23.7 Å². The van der Waals surface area contributed by atoms with Crippen molar-refractivity contribution in [3.8, 4) is 17.0 Å². The van der Waals surface area contributed by atoms with Gasteiger partial charge in [0.25, 0.3) is 0 Å². The molecule has 3 heterocycles. The van der Waals surface area contributed by atoms with Gasteiger partial charge in [-0.1, -0.05) is 23.5 Å². The second-order valence-electron chi connectivity index (χ2n) is 8.58. The Morgan fingerprint density at radius 2 is 2.03 bits per heavy atom. The fourth-order valence-corrected chi connectivity index (χ4v) is 5.62. The molecule has 1 N–H and O–H groups in total. The number of carbonyl (C=O) groups excluding carboxylic acids is 1. The van der Waals surface area contributed by atoms with Crippen molar-refractivity contribution in [2.45, 2.75) is 45.0 Å². The van der Waals surface area contributed by atoms with E-state index in [1.807, 2.05) is 4.90 Å². The zero-order valence-electron chi connectivity index (χ0n) is 17.4. The van der Waals surface area contributed by atoms with Crippen LogP contribution in [0, 0.1) is 5.41 Å². The van der Waals surface area contributed by atoms with Crippen LogP contribution in [0.1, 0.15) is 32.6 Å². The van der Waals surface area contributed by atoms with Crippen molar-refractivity contribution in [2.75, 3.05) is 18.4 Å². The van der Waals surface area contributed by atoms with Gasteiger partial charge in [0, 0.05) is 31.6 Å². The lowest BCUT2D eigenvalue weighted by Gasteiger charge is -2.52. The molecular formula is C21H22F3N5O2S. The summed E-state index contributed by atoms with van der Waals surface area (Å²) >= 11 is 1.41. The van der Waals surface area contributed by atoms with Crippen LogP contribution in [0.3, 0.4) is 0 Å². The van der Waals surface area contributed by atoms with Crippen LogP contribution in [0.25, 0.3) is 16.2 Å². The van der Waals surface area contributed by atoms with Crippen LogP contribution in [0.5, 0.6) is 5.75 Å². The Bertz CT molecular complexity index is 1140. The molecule has 1 aromatic carbocycles. The zero-order valence-corrected chi connectivity index (χ0v) is 18.2. The lowest BCUT2D eigenvalue weighted by molar-refractivity contribution is -0.274. The lowest BCUT2D eigenvalue weighted by atomic mass is 9.60. The fourth-order valence-electron chi connectivity index (χ4n) is 4.77. The van der Waals surface area contributed by atoms with Gasteiger partial charge in [0.15, 0.2) is 0 Å². The van der Waals surface area contributed by atoms with Crippen molar-refractivity contribution >= 4 is 27.3 Å². The number of halogens is 3. The van der Waals surface area contributed by atoms with Gasteiger partial charge in [-0.05, 0) is 43.2 Å². The van der Waals surface area contributed by atoms with Crippen LogP contribution in [-0.2, 0) is 4.79 Å². The molecular weight excluding hydrogens is 443 g/mol. The van der Waals surface area contributed by atoms with E-state index in [4.69, 9.17) is 0 Å². The van der Waals surface area contributed by atoms with Crippen molar-refractivity contribution in [3.05, 3.63) is 30.5 Å². The highest BCUT2D eigenvalue weighted by Gasteiger charge is 2.46. The van der Waals surface area contributed by atoms with E-state index in [0.717, 1.165) is 43.9 Å². The number of anilines is 1. The molecule has 2 aliphatic rings. The van der Waals surface area contributed by atoms with Gasteiger partial charge in [0.1, 0.15) is 5.75 Å². The predicted octanol–water partition coefficient (Wildman–Crippen LogP) is 4.56. The highest BCUT2D eigenvalue weighted by molar-refractivity contribution is 7.20. The van der Waals surface area contributed by atoms with Crippen LogP contribution in [0.2, 0.25) is 0 Å². The van der Waals surface area contributed by atoms with Crippen molar-refractivity contribution in [3.63, 3.8) is 0 Å². The summed E-state index contributed by atoms with van der Waals surface area (Å²) in [6.45, 7) is 3.27. The van der Waals surface area contributed by atoms with Gasteiger partial charge in [-0.15, -0.1) is 18.3 Å². The number of rotatable bonds is 4. The van der Waals surface area contributed by atoms with Crippen LogP contribution in [0.4, 0.5) is 18.3 Å². The van der Waals surface area contributed by atoms with Crippen molar-refractivity contribution in [2.24, 2.45) is 5.41 Å². The third-order valence-corrected chi connectivity index (χ3v) is 7.26. The topological polar surface area (TPSA) is 71.8 Å². The lowest BCUT2D eigenvalue weighted by Crippen LogP contribution is -2.52. The third-order valence-electron chi connectivity index (χ3n) is 6.40. The Morgan fingerprint density at radius 3 is 2.72 bits per heavy atom. The van der Waals surface area contributed by atoms with Gasteiger partial charge in [-0.2, -0.15) is 0 Å². The number of aromatic nitrogens is 3. The summed E-state index contributed by atoms with van der Waals surface area (Å²) in [4.78, 5) is 18.5. The molecule has 0 bridgehead atoms. The SMILES string of the molecule is CC(=O)N1CCC2(CC1)CC(Nc1nn3c(-c4cccc(OC(F)(F)F)c4)cnc3s1)C2. The molecule has 1 amide bonds. The van der Waals surface area contributed by atoms with E-state index in [0.29, 0.717) is 27.7 Å². The largest absolute Gasteiger partial charge is 0.573 e. The molecule has 3 aromatic rings. The number of amides is 1. The standard InChI is InChI=1S/C21H22F3N5O2S/c1-13(30)28-7-5-20(6-8-28)10-15(11-20)26-18-27-29-17(12-25-19(29)32-18)14-3-2-4-16(9-14)31-21(22,23)24/h2-4,9,12,15H,5-8,10-11H2,1H3,(H,26,27). The molecule has 7 nitrogen and oxygen atoms in total. The maximum absolute atomic E-state index is 12.5. The summed E-state index contributed by atoms with van der Waals surface area (Å²) in [5.74, 6) is -0.139. The summed E-state index contributed by atoms with van der Waals surface area (Å²) < 4.78 is 43.3. The van der Waals surface area contributed by atoms with Crippen LogP contribution < -0.4 is 10.1 Å². The number of fused-ring (bicyclic) bond motifs is 1. The van der Waals surface area contributed by atoms with Gasteiger partial charge in [-0.25, -0.2) is 9.50 Å². The van der Waals surface area contributed by atoms with Crippen LogP contribution in [-0.4, -0.2) is 50.9 Å². The Hall–Kier alpha value is -2.82. The van der Waals surface area contributed by atoms with Gasteiger partial charge in [0.05, 0.1) is 11.9 Å². The number of benzene rings is 1. The molecule has 2 fully saturated rings. The molecule has 0 radical (unpaired) electrons. The molecule has 1 aliphatic heterocycles. The smallest absolute Gasteiger partial charge is 0.406 e. The molecule has 1 aliphatic carbocycles. The van der Waals surface area contributed by atoms with Crippen molar-refractivity contribution < 1.29 is 22.7 Å². The molecule has 0 unspecified atom stereocenters. The molecule has 32 heavy (non-hydrogen) atoms. The fraction of sp³-hybridized carbons (Fsp3) is 0.476. The minimum Gasteiger partial charge on any atom is -0.406 e. The number of hydrogen-bond donors (Lipinski definition) is 1. The van der Waals surface area contributed by atoms with Gasteiger partial charge < -0.3 is 15.0 Å². The minimum absolute atomic E-state index is 0.145. The Kier molecular flexibility index (Phi) is 5.03. The Labute approximate surface area is 186 Å². The zero-order chi connectivity index (χ0) is 22.5. The summed E-state index contributed by atoms with van der Waals surface area (Å²) in [6, 6.07) is 6.11. The molecule has 1 spiro atoms. The maximum Gasteiger partial charge on any atom is 0.573 e. The van der Waals surface area contributed by atoms with Crippen LogP contribution in [0.15, 0.2) is 30.5 Å². The van der Waals surface area contributed by atoms with Gasteiger partial charge in [-0.3, -0.25) is 4.79 Å². The Morgan fingerprint density at radius 1 is 1.28 bits per heavy atom. The number of ether oxygens (including phenoxy) is 1. The summed E-state index contributed by atoms with van der Waals surface area (Å²) in [5, 5.41) is 8.80. The number of nitrogens with one attached hydrogen (secondary N) is 1. The first-order chi connectivity index (χ1) is 15.2. The van der Waals surface area contributed by atoms with E-state index in [9.17, 15) is 18.0 Å². The van der Waals surface area contributed by atoms with E-state index in [2.05, 4.69) is 20.1 Å². The summed E-state index contributed by atoms with van der Waals surface area (Å²) in [7, 11) is 0. The van der Waals surface area contributed by atoms with E-state index < -0.39 is 6.36 Å². The second kappa shape index (κ2) is 7.65. The summed E-state index contributed by atoms with van der Waals surface area (Å²) in [5.41, 5.74) is 1.44. The molecule has 2 aromatic heterocycles. The average molecular weight is 466 g/mol. The summed E-state index contributed by atoms with van der Waals surface area (Å²) in [6.07, 6.45) is 1.01. The van der Waals surface area contributed by atoms with Crippen molar-refractivity contribution in [1.82, 2.24) is 19.5 Å². The Balaban J connectivity index is 1.26. The quantitative estimate of drug-likeness (QED) is 0.612. The number of piperidine rings is 1. The van der Waals surface area contributed by atoms with E-state index in [-0.39, 0.29) is 11.7 Å². The molecule has 1 saturated carbocycles. The highest BCUT2D eigenvalue weighted by atomic mass is 32.1. The number of hydrogen-bond acceptors (Lipinski definition) is 6. The number of likely N-dealkylation sites (tertiary alicyclic amines) is 1. The van der Waals surface area contributed by atoms with E-state index >= 15 is 0 Å². The number of carbonyl (C=O) groups is 1. The molecule has 170 valence electrons. The molecule has 0 atom stereocenters. The van der Waals surface area contributed by atoms with Gasteiger partial charge >= 0.3 is 6.36 Å². The normalized spacial score (nSPS) is 18.7. The first-order valence-electron chi connectivity index (χ1n) is 10.4. The second-order valence-corrected chi connectivity index (χ2v) is 9.53. The van der Waals surface area contributed by atoms with E-state index in [1.165, 1.54) is 29.5 Å². The number of nitrogens with zero attached hydrogens (tertiary/aromatic N) is 4. The molecule has 5 rings (SSSR count). The molecule has 1 saturated heterocycles. The first kappa shape index (κ1) is 21.0. The van der Waals surface area contributed by atoms with Gasteiger partial charge in [0.2, 0.25) is 16.0 Å².